The summed E-state index contributed by atoms with van der Waals surface area (Å²) in [6.07, 6.45) is 1.50. The van der Waals surface area contributed by atoms with Gasteiger partial charge < -0.3 is 5.32 Å². The molecule has 4 nitrogen and oxygen atoms in total. The van der Waals surface area contributed by atoms with Crippen LogP contribution >= 0.6 is 22.9 Å². The highest BCUT2D eigenvalue weighted by Crippen LogP contribution is 2.12. The van der Waals surface area contributed by atoms with Crippen molar-refractivity contribution in [3.05, 3.63) is 39.9 Å². The Labute approximate surface area is 94.9 Å². The van der Waals surface area contributed by atoms with E-state index >= 15 is 0 Å². The van der Waals surface area contributed by atoms with Gasteiger partial charge in [0.25, 0.3) is 5.91 Å². The van der Waals surface area contributed by atoms with E-state index < -0.39 is 0 Å². The van der Waals surface area contributed by atoms with Gasteiger partial charge in [0, 0.05) is 0 Å². The lowest BCUT2D eigenvalue weighted by Gasteiger charge is -2.01. The van der Waals surface area contributed by atoms with Gasteiger partial charge in [-0.15, -0.1) is 11.3 Å². The van der Waals surface area contributed by atoms with E-state index in [1.54, 1.807) is 23.7 Å². The van der Waals surface area contributed by atoms with Crippen LogP contribution in [0.5, 0.6) is 0 Å². The molecule has 2 heterocycles. The van der Waals surface area contributed by atoms with Gasteiger partial charge in [-0.05, 0) is 12.1 Å². The summed E-state index contributed by atoms with van der Waals surface area (Å²) in [6, 6.07) is 5.03. The van der Waals surface area contributed by atoms with Crippen LogP contribution in [0.2, 0.25) is 5.15 Å². The molecule has 1 amide bonds. The summed E-state index contributed by atoms with van der Waals surface area (Å²) >= 11 is 6.95. The van der Waals surface area contributed by atoms with Crippen molar-refractivity contribution in [2.45, 2.75) is 0 Å². The smallest absolute Gasteiger partial charge is 0.268 e. The summed E-state index contributed by atoms with van der Waals surface area (Å²) in [4.78, 5) is 19.9. The standard InChI is InChI=1S/C9H6ClN3OS/c10-7-2-1-3-8(12-7)13-9(14)6-4-11-5-15-6/h1-5H,(H,12,13,14). The van der Waals surface area contributed by atoms with E-state index in [1.807, 2.05) is 0 Å². The second-order valence-electron chi connectivity index (χ2n) is 2.67. The average Bonchev–Trinajstić information content (AvgIpc) is 2.70. The van der Waals surface area contributed by atoms with Gasteiger partial charge >= 0.3 is 0 Å². The zero-order valence-electron chi connectivity index (χ0n) is 7.48. The number of aromatic nitrogens is 2. The number of nitrogens with zero attached hydrogens (tertiary/aromatic N) is 2. The lowest BCUT2D eigenvalue weighted by Crippen LogP contribution is -2.11. The number of hydrogen-bond acceptors (Lipinski definition) is 4. The van der Waals surface area contributed by atoms with Crippen LogP contribution in [0.25, 0.3) is 0 Å². The van der Waals surface area contributed by atoms with Gasteiger partial charge in [-0.1, -0.05) is 17.7 Å². The molecule has 2 aromatic rings. The van der Waals surface area contributed by atoms with Gasteiger partial charge in [0.2, 0.25) is 0 Å². The van der Waals surface area contributed by atoms with Crippen molar-refractivity contribution in [3.8, 4) is 0 Å². The SMILES string of the molecule is O=C(Nc1cccc(Cl)n1)c1cncs1. The maximum absolute atomic E-state index is 11.6. The van der Waals surface area contributed by atoms with E-state index in [4.69, 9.17) is 11.6 Å². The first kappa shape index (κ1) is 10.1. The molecule has 0 saturated heterocycles. The van der Waals surface area contributed by atoms with Crippen LogP contribution in [-0.2, 0) is 0 Å². The number of nitrogens with one attached hydrogen (secondary N) is 1. The number of halogens is 1. The lowest BCUT2D eigenvalue weighted by molar-refractivity contribution is 0.103. The molecule has 1 N–H and O–H groups in total. The molecule has 0 unspecified atom stereocenters. The van der Waals surface area contributed by atoms with Crippen LogP contribution in [0.15, 0.2) is 29.9 Å². The highest BCUT2D eigenvalue weighted by Gasteiger charge is 2.07. The van der Waals surface area contributed by atoms with Gasteiger partial charge in [-0.2, -0.15) is 0 Å². The molecule has 2 rings (SSSR count). The number of rotatable bonds is 2. The minimum Gasteiger partial charge on any atom is -0.306 e. The van der Waals surface area contributed by atoms with Crippen molar-refractivity contribution in [3.63, 3.8) is 0 Å². The normalized spacial score (nSPS) is 9.93. The van der Waals surface area contributed by atoms with E-state index in [0.717, 1.165) is 0 Å². The summed E-state index contributed by atoms with van der Waals surface area (Å²) in [5.74, 6) is 0.202. The Morgan fingerprint density at radius 1 is 1.47 bits per heavy atom. The van der Waals surface area contributed by atoms with Gasteiger partial charge in [-0.3, -0.25) is 9.78 Å². The maximum Gasteiger partial charge on any atom is 0.268 e. The number of hydrogen-bond donors (Lipinski definition) is 1. The molecular formula is C9H6ClN3OS. The third-order valence-electron chi connectivity index (χ3n) is 1.61. The van der Waals surface area contributed by atoms with Crippen molar-refractivity contribution in [1.29, 1.82) is 0 Å². The number of carbonyl (C=O) groups is 1. The lowest BCUT2D eigenvalue weighted by atomic mass is 10.4. The van der Waals surface area contributed by atoms with Crippen molar-refractivity contribution in [2.24, 2.45) is 0 Å². The largest absolute Gasteiger partial charge is 0.306 e. The molecule has 0 fully saturated rings. The number of amides is 1. The van der Waals surface area contributed by atoms with E-state index in [-0.39, 0.29) is 5.91 Å². The number of thiazole rings is 1. The molecule has 0 aliphatic heterocycles. The molecule has 2 aromatic heterocycles. The molecule has 15 heavy (non-hydrogen) atoms. The monoisotopic (exact) mass is 239 g/mol. The van der Waals surface area contributed by atoms with Gasteiger partial charge in [0.15, 0.2) is 0 Å². The Balaban J connectivity index is 2.13. The van der Waals surface area contributed by atoms with E-state index in [1.165, 1.54) is 17.5 Å². The second-order valence-corrected chi connectivity index (χ2v) is 3.94. The summed E-state index contributed by atoms with van der Waals surface area (Å²) in [5.41, 5.74) is 1.60. The van der Waals surface area contributed by atoms with E-state index in [0.29, 0.717) is 15.8 Å². The molecule has 0 bridgehead atoms. The van der Waals surface area contributed by atoms with Crippen LogP contribution in [0.1, 0.15) is 9.67 Å². The Kier molecular flexibility index (Phi) is 2.94. The predicted octanol–water partition coefficient (Wildman–Crippen LogP) is 2.44. The van der Waals surface area contributed by atoms with Crippen molar-refractivity contribution in [2.75, 3.05) is 5.32 Å². The third-order valence-corrected chi connectivity index (χ3v) is 2.60. The Morgan fingerprint density at radius 3 is 3.00 bits per heavy atom. The van der Waals surface area contributed by atoms with E-state index in [2.05, 4.69) is 15.3 Å². The van der Waals surface area contributed by atoms with E-state index in [9.17, 15) is 4.79 Å². The fraction of sp³-hybridized carbons (Fsp3) is 0. The second kappa shape index (κ2) is 4.37. The summed E-state index contributed by atoms with van der Waals surface area (Å²) < 4.78 is 0. The van der Waals surface area contributed by atoms with Crippen LogP contribution in [0, 0.1) is 0 Å². The molecule has 76 valence electrons. The molecular weight excluding hydrogens is 234 g/mol. The highest BCUT2D eigenvalue weighted by molar-refractivity contribution is 7.11. The van der Waals surface area contributed by atoms with Crippen molar-refractivity contribution >= 4 is 34.7 Å². The first-order valence-corrected chi connectivity index (χ1v) is 5.34. The minimum absolute atomic E-state index is 0.229. The molecule has 0 aliphatic carbocycles. The van der Waals surface area contributed by atoms with Crippen LogP contribution in [-0.4, -0.2) is 15.9 Å². The Morgan fingerprint density at radius 2 is 2.33 bits per heavy atom. The average molecular weight is 240 g/mol. The van der Waals surface area contributed by atoms with Crippen LogP contribution in [0.3, 0.4) is 0 Å². The Bertz CT molecular complexity index is 472. The van der Waals surface area contributed by atoms with Gasteiger partial charge in [0.1, 0.15) is 15.8 Å². The fourth-order valence-corrected chi connectivity index (χ4v) is 1.66. The predicted molar refractivity (Wildman–Crippen MR) is 59.3 cm³/mol. The van der Waals surface area contributed by atoms with Crippen molar-refractivity contribution < 1.29 is 4.79 Å². The molecule has 0 aromatic carbocycles. The van der Waals surface area contributed by atoms with Crippen LogP contribution < -0.4 is 5.32 Å². The molecule has 0 saturated carbocycles. The summed E-state index contributed by atoms with van der Waals surface area (Å²) in [5, 5.41) is 2.97. The quantitative estimate of drug-likeness (QED) is 0.819. The zero-order valence-corrected chi connectivity index (χ0v) is 9.05. The highest BCUT2D eigenvalue weighted by atomic mass is 35.5. The zero-order chi connectivity index (χ0) is 10.7. The maximum atomic E-state index is 11.6. The number of anilines is 1. The topological polar surface area (TPSA) is 54.9 Å². The minimum atomic E-state index is -0.229. The molecule has 6 heteroatoms. The Hall–Kier alpha value is -1.46. The molecule has 0 spiro atoms. The molecule has 0 atom stereocenters. The third kappa shape index (κ3) is 2.51. The van der Waals surface area contributed by atoms with Gasteiger partial charge in [-0.25, -0.2) is 4.98 Å². The summed E-state index contributed by atoms with van der Waals surface area (Å²) in [6.45, 7) is 0. The fourth-order valence-electron chi connectivity index (χ4n) is 0.984. The number of pyridine rings is 1. The summed E-state index contributed by atoms with van der Waals surface area (Å²) in [7, 11) is 0. The molecule has 0 aliphatic rings. The first-order valence-electron chi connectivity index (χ1n) is 4.08. The molecule has 0 radical (unpaired) electrons. The number of carbonyl (C=O) groups excluding carboxylic acids is 1. The van der Waals surface area contributed by atoms with Crippen molar-refractivity contribution in [1.82, 2.24) is 9.97 Å². The first-order chi connectivity index (χ1) is 7.25. The van der Waals surface area contributed by atoms with Crippen LogP contribution in [0.4, 0.5) is 5.82 Å². The van der Waals surface area contributed by atoms with Gasteiger partial charge in [0.05, 0.1) is 11.7 Å².